The quantitative estimate of drug-likeness (QED) is 0.416. The van der Waals surface area contributed by atoms with Gasteiger partial charge in [0.1, 0.15) is 11.6 Å². The minimum absolute atomic E-state index is 0.0813. The van der Waals surface area contributed by atoms with Crippen molar-refractivity contribution >= 4 is 23.4 Å². The van der Waals surface area contributed by atoms with E-state index in [1.807, 2.05) is 47.0 Å². The molecule has 10 heteroatoms. The molecule has 1 amide bonds. The highest BCUT2D eigenvalue weighted by molar-refractivity contribution is 7.99. The van der Waals surface area contributed by atoms with Crippen LogP contribution < -0.4 is 14.8 Å². The van der Waals surface area contributed by atoms with Crippen molar-refractivity contribution in [1.82, 2.24) is 14.8 Å². The Hall–Kier alpha value is -3.92. The highest BCUT2D eigenvalue weighted by atomic mass is 32.2. The zero-order valence-corrected chi connectivity index (χ0v) is 17.8. The van der Waals surface area contributed by atoms with Gasteiger partial charge < -0.3 is 14.8 Å². The maximum Gasteiger partial charge on any atom is 0.234 e. The molecule has 0 atom stereocenters. The molecule has 3 aromatic carbocycles. The summed E-state index contributed by atoms with van der Waals surface area (Å²) in [7, 11) is 0. The van der Waals surface area contributed by atoms with Crippen LogP contribution in [0.3, 0.4) is 0 Å². The second kappa shape index (κ2) is 8.91. The van der Waals surface area contributed by atoms with E-state index in [4.69, 9.17) is 9.47 Å². The van der Waals surface area contributed by atoms with Crippen LogP contribution in [0.2, 0.25) is 0 Å². The molecule has 1 N–H and O–H groups in total. The summed E-state index contributed by atoms with van der Waals surface area (Å²) in [6.45, 7) is 0.159. The number of nitrogens with one attached hydrogen (secondary N) is 1. The Kier molecular flexibility index (Phi) is 5.66. The molecule has 0 bridgehead atoms. The summed E-state index contributed by atoms with van der Waals surface area (Å²) >= 11 is 1.13. The van der Waals surface area contributed by atoms with Crippen LogP contribution in [0.4, 0.5) is 14.5 Å². The van der Waals surface area contributed by atoms with Crippen LogP contribution >= 0.6 is 11.8 Å². The third kappa shape index (κ3) is 4.37. The molecule has 1 aromatic heterocycles. The van der Waals surface area contributed by atoms with Crippen molar-refractivity contribution in [3.63, 3.8) is 0 Å². The normalized spacial score (nSPS) is 12.1. The fraction of sp³-hybridized carbons (Fsp3) is 0.0870. The molecule has 2 heterocycles. The van der Waals surface area contributed by atoms with Crippen molar-refractivity contribution in [1.29, 1.82) is 0 Å². The Morgan fingerprint density at radius 1 is 1.00 bits per heavy atom. The number of para-hydroxylation sites is 1. The van der Waals surface area contributed by atoms with E-state index in [2.05, 4.69) is 15.5 Å². The smallest absolute Gasteiger partial charge is 0.234 e. The van der Waals surface area contributed by atoms with Crippen molar-refractivity contribution in [2.45, 2.75) is 5.16 Å². The minimum Gasteiger partial charge on any atom is -0.454 e. The Morgan fingerprint density at radius 2 is 1.82 bits per heavy atom. The van der Waals surface area contributed by atoms with E-state index in [0.29, 0.717) is 22.5 Å². The standard InChI is InChI=1S/C23H16F2N4O3S/c24-15-7-8-17(25)18(11-15)26-21(30)12-33-23-28-27-22(29(23)16-4-2-1-3-5-16)14-6-9-19-20(10-14)32-13-31-19/h1-11H,12-13H2,(H,26,30). The molecular weight excluding hydrogens is 450 g/mol. The maximum absolute atomic E-state index is 13.8. The first-order valence-corrected chi connectivity index (χ1v) is 10.9. The molecule has 7 nitrogen and oxygen atoms in total. The first-order valence-electron chi connectivity index (χ1n) is 9.87. The van der Waals surface area contributed by atoms with E-state index >= 15 is 0 Å². The second-order valence-corrected chi connectivity index (χ2v) is 7.95. The molecule has 5 rings (SSSR count). The average Bonchev–Trinajstić information content (AvgIpc) is 3.47. The molecule has 33 heavy (non-hydrogen) atoms. The molecule has 166 valence electrons. The van der Waals surface area contributed by atoms with Gasteiger partial charge in [-0.1, -0.05) is 30.0 Å². The minimum atomic E-state index is -0.715. The third-order valence-corrected chi connectivity index (χ3v) is 5.74. The maximum atomic E-state index is 13.8. The van der Waals surface area contributed by atoms with Gasteiger partial charge in [0.2, 0.25) is 12.7 Å². The highest BCUT2D eigenvalue weighted by Gasteiger charge is 2.21. The van der Waals surface area contributed by atoms with Gasteiger partial charge in [-0.25, -0.2) is 8.78 Å². The van der Waals surface area contributed by atoms with Crippen LogP contribution in [0.5, 0.6) is 11.5 Å². The summed E-state index contributed by atoms with van der Waals surface area (Å²) < 4.78 is 39.9. The van der Waals surface area contributed by atoms with E-state index in [1.165, 1.54) is 0 Å². The van der Waals surface area contributed by atoms with Crippen molar-refractivity contribution in [3.8, 4) is 28.6 Å². The van der Waals surface area contributed by atoms with Gasteiger partial charge in [-0.3, -0.25) is 9.36 Å². The first kappa shape index (κ1) is 21.0. The first-order chi connectivity index (χ1) is 16.1. The molecule has 0 spiro atoms. The summed E-state index contributed by atoms with van der Waals surface area (Å²) in [6.07, 6.45) is 0. The molecule has 1 aliphatic heterocycles. The molecule has 0 saturated carbocycles. The zero-order valence-electron chi connectivity index (χ0n) is 17.0. The number of hydrogen-bond donors (Lipinski definition) is 1. The number of rotatable bonds is 6. The van der Waals surface area contributed by atoms with Gasteiger partial charge >= 0.3 is 0 Å². The SMILES string of the molecule is O=C(CSc1nnc(-c2ccc3c(c2)OCO3)n1-c1ccccc1)Nc1cc(F)ccc1F. The number of aromatic nitrogens is 3. The third-order valence-electron chi connectivity index (χ3n) is 4.81. The van der Waals surface area contributed by atoms with Crippen LogP contribution in [0.25, 0.3) is 17.1 Å². The van der Waals surface area contributed by atoms with Crippen molar-refractivity contribution < 1.29 is 23.0 Å². The van der Waals surface area contributed by atoms with Gasteiger partial charge in [-0.05, 0) is 42.5 Å². The lowest BCUT2D eigenvalue weighted by molar-refractivity contribution is -0.113. The zero-order chi connectivity index (χ0) is 22.8. The molecule has 0 saturated heterocycles. The lowest BCUT2D eigenvalue weighted by atomic mass is 10.2. The van der Waals surface area contributed by atoms with E-state index in [-0.39, 0.29) is 18.2 Å². The predicted molar refractivity (Wildman–Crippen MR) is 119 cm³/mol. The van der Waals surface area contributed by atoms with Gasteiger partial charge in [0, 0.05) is 17.3 Å². The number of hydrogen-bond acceptors (Lipinski definition) is 6. The fourth-order valence-corrected chi connectivity index (χ4v) is 4.06. The molecule has 0 radical (unpaired) electrons. The Balaban J connectivity index is 1.42. The van der Waals surface area contributed by atoms with E-state index in [0.717, 1.165) is 41.2 Å². The van der Waals surface area contributed by atoms with Gasteiger partial charge in [0.25, 0.3) is 0 Å². The van der Waals surface area contributed by atoms with E-state index in [9.17, 15) is 13.6 Å². The molecule has 0 fully saturated rings. The van der Waals surface area contributed by atoms with Crippen molar-refractivity contribution in [2.75, 3.05) is 17.9 Å². The van der Waals surface area contributed by atoms with Gasteiger partial charge in [-0.15, -0.1) is 10.2 Å². The van der Waals surface area contributed by atoms with Gasteiger partial charge in [0.05, 0.1) is 11.4 Å². The number of carbonyl (C=O) groups is 1. The average molecular weight is 466 g/mol. The van der Waals surface area contributed by atoms with Crippen molar-refractivity contribution in [3.05, 3.63) is 78.4 Å². The number of thioether (sulfide) groups is 1. The number of benzene rings is 3. The monoisotopic (exact) mass is 466 g/mol. The van der Waals surface area contributed by atoms with Crippen LogP contribution in [0, 0.1) is 11.6 Å². The molecular formula is C23H16F2N4O3S. The van der Waals surface area contributed by atoms with Gasteiger partial charge in [-0.2, -0.15) is 0 Å². The summed E-state index contributed by atoms with van der Waals surface area (Å²) in [5.74, 6) is -0.123. The second-order valence-electron chi connectivity index (χ2n) is 7.01. The van der Waals surface area contributed by atoms with E-state index in [1.54, 1.807) is 6.07 Å². The van der Waals surface area contributed by atoms with Crippen molar-refractivity contribution in [2.24, 2.45) is 0 Å². The number of anilines is 1. The number of halogens is 2. The Labute approximate surface area is 191 Å². The predicted octanol–water partition coefficient (Wildman–Crippen LogP) is 4.67. The number of carbonyl (C=O) groups excluding carboxylic acids is 1. The molecule has 4 aromatic rings. The molecule has 0 unspecified atom stereocenters. The Morgan fingerprint density at radius 3 is 2.67 bits per heavy atom. The van der Waals surface area contributed by atoms with Crippen LogP contribution in [-0.4, -0.2) is 33.2 Å². The van der Waals surface area contributed by atoms with Crippen LogP contribution in [0.15, 0.2) is 71.9 Å². The van der Waals surface area contributed by atoms with E-state index < -0.39 is 17.5 Å². The highest BCUT2D eigenvalue weighted by Crippen LogP contribution is 2.37. The van der Waals surface area contributed by atoms with Crippen LogP contribution in [-0.2, 0) is 4.79 Å². The summed E-state index contributed by atoms with van der Waals surface area (Å²) in [5.41, 5.74) is 1.34. The number of fused-ring (bicyclic) bond motifs is 1. The number of amides is 1. The largest absolute Gasteiger partial charge is 0.454 e. The summed E-state index contributed by atoms with van der Waals surface area (Å²) in [6, 6.07) is 17.8. The lowest BCUT2D eigenvalue weighted by Crippen LogP contribution is -2.15. The lowest BCUT2D eigenvalue weighted by Gasteiger charge is -2.11. The summed E-state index contributed by atoms with van der Waals surface area (Å²) in [5, 5.41) is 11.4. The van der Waals surface area contributed by atoms with Crippen LogP contribution in [0.1, 0.15) is 0 Å². The van der Waals surface area contributed by atoms with Gasteiger partial charge in [0.15, 0.2) is 22.5 Å². The topological polar surface area (TPSA) is 78.3 Å². The number of ether oxygens (including phenoxy) is 2. The molecule has 1 aliphatic rings. The number of nitrogens with zero attached hydrogens (tertiary/aromatic N) is 3. The molecule has 0 aliphatic carbocycles. The fourth-order valence-electron chi connectivity index (χ4n) is 3.31. The Bertz CT molecular complexity index is 1330. The summed E-state index contributed by atoms with van der Waals surface area (Å²) in [4.78, 5) is 12.4.